The predicted octanol–water partition coefficient (Wildman–Crippen LogP) is 2.88. The summed E-state index contributed by atoms with van der Waals surface area (Å²) in [6.07, 6.45) is 0. The molecule has 4 aromatic rings. The number of thiophene rings is 1. The van der Waals surface area contributed by atoms with Crippen LogP contribution in [0.2, 0.25) is 0 Å². The molecular weight excluding hydrogens is 446 g/mol. The van der Waals surface area contributed by atoms with Crippen molar-refractivity contribution in [2.24, 2.45) is 0 Å². The first-order valence-corrected chi connectivity index (χ1v) is 10.7. The second-order valence-electron chi connectivity index (χ2n) is 6.99. The van der Waals surface area contributed by atoms with Crippen LogP contribution in [0.1, 0.15) is 0 Å². The van der Waals surface area contributed by atoms with Gasteiger partial charge < -0.3 is 19.5 Å². The topological polar surface area (TPSA) is 101 Å². The van der Waals surface area contributed by atoms with Crippen LogP contribution < -0.4 is 30.8 Å². The van der Waals surface area contributed by atoms with E-state index in [4.69, 9.17) is 14.2 Å². The number of nitrogens with one attached hydrogen (secondary N) is 1. The number of hydrogen-bond acceptors (Lipinski definition) is 7. The lowest BCUT2D eigenvalue weighted by molar-refractivity contribution is -0.116. The summed E-state index contributed by atoms with van der Waals surface area (Å²) in [5.41, 5.74) is 0.103. The summed E-state index contributed by atoms with van der Waals surface area (Å²) in [6.45, 7) is -0.278. The minimum atomic E-state index is -0.647. The molecule has 0 saturated heterocycles. The summed E-state index contributed by atoms with van der Waals surface area (Å²) in [4.78, 5) is 39.4. The van der Waals surface area contributed by atoms with E-state index in [2.05, 4.69) is 5.32 Å². The second kappa shape index (κ2) is 9.21. The molecule has 10 heteroatoms. The lowest BCUT2D eigenvalue weighted by atomic mass is 10.2. The number of carbonyl (C=O) groups excluding carboxylic acids is 1. The quantitative estimate of drug-likeness (QED) is 0.449. The van der Waals surface area contributed by atoms with Crippen molar-refractivity contribution in [2.75, 3.05) is 26.6 Å². The van der Waals surface area contributed by atoms with Crippen LogP contribution in [0.15, 0.2) is 63.5 Å². The minimum absolute atomic E-state index is 0.278. The number of carbonyl (C=O) groups is 1. The zero-order valence-electron chi connectivity index (χ0n) is 18.2. The third-order valence-corrected chi connectivity index (χ3v) is 5.92. The summed E-state index contributed by atoms with van der Waals surface area (Å²) >= 11 is 1.20. The molecule has 0 bridgehead atoms. The van der Waals surface area contributed by atoms with Crippen LogP contribution in [0, 0.1) is 0 Å². The number of anilines is 1. The summed E-state index contributed by atoms with van der Waals surface area (Å²) in [5.74, 6) is 1.09. The van der Waals surface area contributed by atoms with Crippen LogP contribution in [0.3, 0.4) is 0 Å². The molecule has 2 aromatic carbocycles. The van der Waals surface area contributed by atoms with Gasteiger partial charge in [0.1, 0.15) is 28.5 Å². The number of amides is 1. The second-order valence-corrected chi connectivity index (χ2v) is 7.91. The van der Waals surface area contributed by atoms with Crippen LogP contribution in [0.25, 0.3) is 15.9 Å². The minimum Gasteiger partial charge on any atom is -0.497 e. The molecule has 0 fully saturated rings. The van der Waals surface area contributed by atoms with Crippen LogP contribution in [-0.2, 0) is 11.3 Å². The van der Waals surface area contributed by atoms with E-state index in [0.29, 0.717) is 33.2 Å². The van der Waals surface area contributed by atoms with Gasteiger partial charge in [0.15, 0.2) is 0 Å². The fourth-order valence-corrected chi connectivity index (χ4v) is 4.23. The number of hydrogen-bond donors (Lipinski definition) is 1. The van der Waals surface area contributed by atoms with Crippen molar-refractivity contribution in [1.29, 1.82) is 0 Å². The first kappa shape index (κ1) is 22.2. The molecule has 9 nitrogen and oxygen atoms in total. The lowest BCUT2D eigenvalue weighted by Crippen LogP contribution is -2.40. The number of aromatic nitrogens is 2. The molecule has 0 radical (unpaired) electrons. The Hall–Kier alpha value is -4.05. The molecule has 2 aromatic heterocycles. The monoisotopic (exact) mass is 467 g/mol. The fourth-order valence-electron chi connectivity index (χ4n) is 3.41. The first-order valence-electron chi connectivity index (χ1n) is 9.85. The van der Waals surface area contributed by atoms with E-state index in [1.54, 1.807) is 61.0 Å². The van der Waals surface area contributed by atoms with E-state index in [0.717, 1.165) is 4.57 Å². The molecule has 0 aliphatic rings. The Balaban J connectivity index is 1.78. The van der Waals surface area contributed by atoms with E-state index in [9.17, 15) is 14.4 Å². The highest BCUT2D eigenvalue weighted by atomic mass is 32.1. The fraction of sp³-hybridized carbons (Fsp3) is 0.174. The summed E-state index contributed by atoms with van der Waals surface area (Å²) < 4.78 is 18.3. The number of nitrogens with zero attached hydrogens (tertiary/aromatic N) is 2. The van der Waals surface area contributed by atoms with E-state index < -0.39 is 17.2 Å². The molecule has 1 amide bonds. The molecule has 0 unspecified atom stereocenters. The average molecular weight is 468 g/mol. The first-order chi connectivity index (χ1) is 15.9. The van der Waals surface area contributed by atoms with Crippen LogP contribution in [0.5, 0.6) is 17.2 Å². The zero-order chi connectivity index (χ0) is 23.5. The Labute approximate surface area is 192 Å². The van der Waals surface area contributed by atoms with Crippen molar-refractivity contribution in [1.82, 2.24) is 9.13 Å². The van der Waals surface area contributed by atoms with Gasteiger partial charge in [-0.2, -0.15) is 0 Å². The van der Waals surface area contributed by atoms with Crippen molar-refractivity contribution in [3.8, 4) is 22.9 Å². The van der Waals surface area contributed by atoms with Gasteiger partial charge in [0.05, 0.1) is 32.5 Å². The van der Waals surface area contributed by atoms with Crippen LogP contribution in [-0.4, -0.2) is 36.4 Å². The van der Waals surface area contributed by atoms with Crippen molar-refractivity contribution in [2.45, 2.75) is 6.54 Å². The maximum absolute atomic E-state index is 13.4. The zero-order valence-corrected chi connectivity index (χ0v) is 19.0. The predicted molar refractivity (Wildman–Crippen MR) is 126 cm³/mol. The van der Waals surface area contributed by atoms with Gasteiger partial charge in [-0.05, 0) is 35.7 Å². The molecular formula is C23H21N3O6S. The van der Waals surface area contributed by atoms with Crippen molar-refractivity contribution in [3.63, 3.8) is 0 Å². The van der Waals surface area contributed by atoms with Crippen molar-refractivity contribution in [3.05, 3.63) is 74.7 Å². The third kappa shape index (κ3) is 4.33. The molecule has 0 aliphatic carbocycles. The molecule has 33 heavy (non-hydrogen) atoms. The van der Waals surface area contributed by atoms with Gasteiger partial charge in [-0.1, -0.05) is 0 Å². The Kier molecular flexibility index (Phi) is 6.18. The summed E-state index contributed by atoms with van der Waals surface area (Å²) in [5, 5.41) is 4.47. The van der Waals surface area contributed by atoms with E-state index in [1.807, 2.05) is 0 Å². The SMILES string of the molecule is COc1ccc(NC(=O)Cn2c(=O)n(-c3cc(OC)cc(OC)c3)c(=O)c3sccc32)cc1. The molecule has 0 saturated carbocycles. The maximum atomic E-state index is 13.4. The van der Waals surface area contributed by atoms with Crippen LogP contribution in [0.4, 0.5) is 5.69 Å². The smallest absolute Gasteiger partial charge is 0.336 e. The summed E-state index contributed by atoms with van der Waals surface area (Å²) in [7, 11) is 4.51. The molecule has 2 heterocycles. The van der Waals surface area contributed by atoms with Gasteiger partial charge >= 0.3 is 5.69 Å². The lowest BCUT2D eigenvalue weighted by Gasteiger charge is -2.14. The van der Waals surface area contributed by atoms with Crippen molar-refractivity contribution < 1.29 is 19.0 Å². The van der Waals surface area contributed by atoms with Gasteiger partial charge in [0, 0.05) is 23.9 Å². The van der Waals surface area contributed by atoms with Gasteiger partial charge in [-0.3, -0.25) is 14.2 Å². The third-order valence-electron chi connectivity index (χ3n) is 5.02. The number of rotatable bonds is 7. The normalized spacial score (nSPS) is 10.8. The highest BCUT2D eigenvalue weighted by Gasteiger charge is 2.19. The van der Waals surface area contributed by atoms with Crippen molar-refractivity contribution >= 4 is 33.1 Å². The molecule has 0 aliphatic heterocycles. The molecule has 170 valence electrons. The van der Waals surface area contributed by atoms with E-state index in [-0.39, 0.29) is 12.2 Å². The van der Waals surface area contributed by atoms with Crippen LogP contribution >= 0.6 is 11.3 Å². The number of benzene rings is 2. The van der Waals surface area contributed by atoms with Gasteiger partial charge in [0.2, 0.25) is 5.91 Å². The largest absolute Gasteiger partial charge is 0.497 e. The highest BCUT2D eigenvalue weighted by molar-refractivity contribution is 7.17. The molecule has 0 atom stereocenters. The Morgan fingerprint density at radius 1 is 0.909 bits per heavy atom. The van der Waals surface area contributed by atoms with E-state index in [1.165, 1.54) is 30.1 Å². The molecule has 4 rings (SSSR count). The van der Waals surface area contributed by atoms with Gasteiger partial charge in [-0.15, -0.1) is 11.3 Å². The Morgan fingerprint density at radius 3 is 2.15 bits per heavy atom. The van der Waals surface area contributed by atoms with E-state index >= 15 is 0 Å². The molecule has 0 spiro atoms. The Morgan fingerprint density at radius 2 is 1.55 bits per heavy atom. The number of fused-ring (bicyclic) bond motifs is 1. The molecule has 1 N–H and O–H groups in total. The van der Waals surface area contributed by atoms with Gasteiger partial charge in [-0.25, -0.2) is 9.36 Å². The number of ether oxygens (including phenoxy) is 3. The average Bonchev–Trinajstić information content (AvgIpc) is 3.32. The Bertz CT molecular complexity index is 1410. The summed E-state index contributed by atoms with van der Waals surface area (Å²) in [6, 6.07) is 13.2. The highest BCUT2D eigenvalue weighted by Crippen LogP contribution is 2.25. The maximum Gasteiger partial charge on any atom is 0.336 e. The number of methoxy groups -OCH3 is 3. The van der Waals surface area contributed by atoms with Gasteiger partial charge in [0.25, 0.3) is 5.56 Å². The standard InChI is InChI=1S/C23H21N3O6S/c1-30-16-6-4-14(5-7-16)24-20(27)13-25-19-8-9-33-21(19)22(28)26(23(25)29)15-10-17(31-2)12-18(11-15)32-3/h4-12H,13H2,1-3H3,(H,24,27).